The van der Waals surface area contributed by atoms with E-state index in [2.05, 4.69) is 20.7 Å². The third kappa shape index (κ3) is 5.24. The second-order valence-electron chi connectivity index (χ2n) is 4.07. The van der Waals surface area contributed by atoms with Crippen LogP contribution in [0.4, 0.5) is 0 Å². The number of carbonyl (C=O) groups is 1. The molecule has 0 saturated carbocycles. The first kappa shape index (κ1) is 14.6. The zero-order chi connectivity index (χ0) is 13.4. The van der Waals surface area contributed by atoms with Crippen LogP contribution in [0.2, 0.25) is 0 Å². The third-order valence-electron chi connectivity index (χ3n) is 2.43. The Labute approximate surface area is 107 Å². The van der Waals surface area contributed by atoms with Gasteiger partial charge < -0.3 is 10.1 Å². The Morgan fingerprint density at radius 1 is 1.61 bits per heavy atom. The van der Waals surface area contributed by atoms with Crippen LogP contribution in [0.1, 0.15) is 19.2 Å². The summed E-state index contributed by atoms with van der Waals surface area (Å²) in [5.74, 6) is 0.651. The van der Waals surface area contributed by atoms with Crippen LogP contribution in [0.25, 0.3) is 0 Å². The van der Waals surface area contributed by atoms with Gasteiger partial charge in [-0.25, -0.2) is 4.98 Å². The monoisotopic (exact) mass is 255 g/mol. The van der Waals surface area contributed by atoms with Crippen LogP contribution in [-0.4, -0.2) is 47.0 Å². The molecule has 102 valence electrons. The largest absolute Gasteiger partial charge is 0.385 e. The second kappa shape index (κ2) is 7.78. The smallest absolute Gasteiger partial charge is 0.236 e. The number of hydrogen-bond acceptors (Lipinski definition) is 5. The average molecular weight is 255 g/mol. The van der Waals surface area contributed by atoms with E-state index in [1.165, 1.54) is 0 Å². The van der Waals surface area contributed by atoms with Crippen molar-refractivity contribution in [2.45, 2.75) is 25.9 Å². The molecule has 1 rings (SSSR count). The minimum atomic E-state index is -0.267. The molecule has 2 N–H and O–H groups in total. The van der Waals surface area contributed by atoms with E-state index in [0.29, 0.717) is 25.5 Å². The number of carbonyl (C=O) groups excluding carboxylic acids is 1. The molecule has 7 heteroatoms. The van der Waals surface area contributed by atoms with Gasteiger partial charge in [0.2, 0.25) is 5.91 Å². The van der Waals surface area contributed by atoms with Gasteiger partial charge in [0.25, 0.3) is 0 Å². The van der Waals surface area contributed by atoms with Crippen LogP contribution in [0, 0.1) is 0 Å². The Kier molecular flexibility index (Phi) is 6.31. The lowest BCUT2D eigenvalue weighted by atomic mass is 10.3. The van der Waals surface area contributed by atoms with Crippen molar-refractivity contribution in [1.29, 1.82) is 0 Å². The molecule has 0 spiro atoms. The number of methoxy groups -OCH3 is 1. The summed E-state index contributed by atoms with van der Waals surface area (Å²) in [4.78, 5) is 15.7. The molecule has 0 aliphatic carbocycles. The van der Waals surface area contributed by atoms with Crippen LogP contribution < -0.4 is 10.6 Å². The maximum Gasteiger partial charge on any atom is 0.236 e. The summed E-state index contributed by atoms with van der Waals surface area (Å²) >= 11 is 0. The zero-order valence-corrected chi connectivity index (χ0v) is 11.1. The molecule has 0 aliphatic heterocycles. The summed E-state index contributed by atoms with van der Waals surface area (Å²) in [5, 5.41) is 10.0. The molecule has 1 aromatic rings. The molecule has 1 heterocycles. The topological polar surface area (TPSA) is 81.1 Å². The van der Waals surface area contributed by atoms with Gasteiger partial charge in [0.05, 0.1) is 12.6 Å². The van der Waals surface area contributed by atoms with Gasteiger partial charge in [-0.15, -0.1) is 0 Å². The molecule has 0 fully saturated rings. The number of amides is 1. The summed E-state index contributed by atoms with van der Waals surface area (Å²) in [6.07, 6.45) is 2.45. The van der Waals surface area contributed by atoms with Crippen molar-refractivity contribution >= 4 is 5.91 Å². The average Bonchev–Trinajstić information content (AvgIpc) is 2.77. The summed E-state index contributed by atoms with van der Waals surface area (Å²) in [7, 11) is 3.45. The van der Waals surface area contributed by atoms with Crippen molar-refractivity contribution in [3.05, 3.63) is 12.2 Å². The fourth-order valence-corrected chi connectivity index (χ4v) is 1.38. The molecule has 1 atom stereocenters. The van der Waals surface area contributed by atoms with Crippen LogP contribution in [0.3, 0.4) is 0 Å². The Morgan fingerprint density at radius 3 is 3.00 bits per heavy atom. The quantitative estimate of drug-likeness (QED) is 0.609. The van der Waals surface area contributed by atoms with E-state index in [-0.39, 0.29) is 11.9 Å². The minimum Gasteiger partial charge on any atom is -0.385 e. The highest BCUT2D eigenvalue weighted by atomic mass is 16.5. The number of nitrogens with zero attached hydrogens (tertiary/aromatic N) is 3. The molecule has 1 aromatic heterocycles. The molecule has 0 radical (unpaired) electrons. The standard InChI is InChI=1S/C11H21N5O2/c1-9(11(17)12-5-4-6-18-3)13-7-10-14-8-16(2)15-10/h8-9,13H,4-7H2,1-3H3,(H,12,17). The predicted molar refractivity (Wildman–Crippen MR) is 66.8 cm³/mol. The van der Waals surface area contributed by atoms with Gasteiger partial charge in [0, 0.05) is 27.3 Å². The molecular weight excluding hydrogens is 234 g/mol. The van der Waals surface area contributed by atoms with Crippen molar-refractivity contribution in [2.75, 3.05) is 20.3 Å². The summed E-state index contributed by atoms with van der Waals surface area (Å²) in [5.41, 5.74) is 0. The fourth-order valence-electron chi connectivity index (χ4n) is 1.38. The number of aromatic nitrogens is 3. The first-order valence-corrected chi connectivity index (χ1v) is 5.98. The molecule has 0 aromatic carbocycles. The van der Waals surface area contributed by atoms with Gasteiger partial charge in [0.15, 0.2) is 5.82 Å². The molecule has 1 unspecified atom stereocenters. The molecule has 0 aliphatic rings. The number of hydrogen-bond donors (Lipinski definition) is 2. The van der Waals surface area contributed by atoms with Gasteiger partial charge in [-0.1, -0.05) is 0 Å². The number of aryl methyl sites for hydroxylation is 1. The van der Waals surface area contributed by atoms with Gasteiger partial charge in [-0.2, -0.15) is 5.10 Å². The van der Waals surface area contributed by atoms with E-state index in [0.717, 1.165) is 6.42 Å². The van der Waals surface area contributed by atoms with Crippen molar-refractivity contribution in [3.8, 4) is 0 Å². The van der Waals surface area contributed by atoms with Crippen LogP contribution in [0.15, 0.2) is 6.33 Å². The first-order valence-electron chi connectivity index (χ1n) is 5.98. The van der Waals surface area contributed by atoms with Crippen LogP contribution in [-0.2, 0) is 23.1 Å². The maximum absolute atomic E-state index is 11.7. The normalized spacial score (nSPS) is 12.4. The van der Waals surface area contributed by atoms with Gasteiger partial charge in [-0.05, 0) is 13.3 Å². The molecule has 0 saturated heterocycles. The van der Waals surface area contributed by atoms with Crippen molar-refractivity contribution in [1.82, 2.24) is 25.4 Å². The SMILES string of the molecule is COCCCNC(=O)C(C)NCc1ncn(C)n1. The van der Waals surface area contributed by atoms with E-state index in [1.807, 2.05) is 14.0 Å². The minimum absolute atomic E-state index is 0.0259. The van der Waals surface area contributed by atoms with Crippen molar-refractivity contribution < 1.29 is 9.53 Å². The first-order chi connectivity index (χ1) is 8.63. The second-order valence-corrected chi connectivity index (χ2v) is 4.07. The van der Waals surface area contributed by atoms with Gasteiger partial charge in [0.1, 0.15) is 6.33 Å². The molecule has 18 heavy (non-hydrogen) atoms. The Hall–Kier alpha value is -1.47. The Balaban J connectivity index is 2.19. The van der Waals surface area contributed by atoms with Crippen LogP contribution in [0.5, 0.6) is 0 Å². The molecular formula is C11H21N5O2. The molecule has 7 nitrogen and oxygen atoms in total. The lowest BCUT2D eigenvalue weighted by Gasteiger charge is -2.12. The summed E-state index contributed by atoms with van der Waals surface area (Å²) in [6.45, 7) is 3.57. The molecule has 0 bridgehead atoms. The highest BCUT2D eigenvalue weighted by Gasteiger charge is 2.12. The van der Waals surface area contributed by atoms with E-state index in [4.69, 9.17) is 4.74 Å². The summed E-state index contributed by atoms with van der Waals surface area (Å²) in [6, 6.07) is -0.267. The lowest BCUT2D eigenvalue weighted by molar-refractivity contribution is -0.122. The molecule has 1 amide bonds. The fraction of sp³-hybridized carbons (Fsp3) is 0.727. The highest BCUT2D eigenvalue weighted by molar-refractivity contribution is 5.81. The van der Waals surface area contributed by atoms with Crippen LogP contribution >= 0.6 is 0 Å². The van der Waals surface area contributed by atoms with E-state index in [9.17, 15) is 4.79 Å². The van der Waals surface area contributed by atoms with Crippen molar-refractivity contribution in [2.24, 2.45) is 7.05 Å². The highest BCUT2D eigenvalue weighted by Crippen LogP contribution is 1.90. The van der Waals surface area contributed by atoms with E-state index < -0.39 is 0 Å². The number of nitrogens with one attached hydrogen (secondary N) is 2. The van der Waals surface area contributed by atoms with Gasteiger partial charge >= 0.3 is 0 Å². The van der Waals surface area contributed by atoms with E-state index >= 15 is 0 Å². The Bertz CT molecular complexity index is 366. The van der Waals surface area contributed by atoms with Crippen molar-refractivity contribution in [3.63, 3.8) is 0 Å². The zero-order valence-electron chi connectivity index (χ0n) is 11.1. The van der Waals surface area contributed by atoms with E-state index in [1.54, 1.807) is 18.1 Å². The predicted octanol–water partition coefficient (Wildman–Crippen LogP) is -0.554. The maximum atomic E-state index is 11.7. The summed E-state index contributed by atoms with van der Waals surface area (Å²) < 4.78 is 6.54. The number of ether oxygens (including phenoxy) is 1. The number of rotatable bonds is 8. The van der Waals surface area contributed by atoms with Gasteiger partial charge in [-0.3, -0.25) is 14.8 Å². The lowest BCUT2D eigenvalue weighted by Crippen LogP contribution is -2.42. The third-order valence-corrected chi connectivity index (χ3v) is 2.43. The Morgan fingerprint density at radius 2 is 2.39 bits per heavy atom.